The number of aliphatic hydroxyl groups is 1. The topological polar surface area (TPSA) is 40.5 Å². The minimum absolute atomic E-state index is 0.0564. The van der Waals surface area contributed by atoms with E-state index in [1.165, 1.54) is 12.1 Å². The first-order chi connectivity index (χ1) is 11.5. The van der Waals surface area contributed by atoms with Gasteiger partial charge in [0.15, 0.2) is 0 Å². The van der Waals surface area contributed by atoms with Gasteiger partial charge in [-0.15, -0.1) is 0 Å². The number of likely N-dealkylation sites (tertiary alicyclic amines) is 1. The minimum atomic E-state index is -0.976. The van der Waals surface area contributed by atoms with Gasteiger partial charge in [-0.1, -0.05) is 42.5 Å². The fraction of sp³-hybridized carbons (Fsp3) is 0.350. The second-order valence-corrected chi connectivity index (χ2v) is 6.96. The molecule has 24 heavy (non-hydrogen) atoms. The van der Waals surface area contributed by atoms with E-state index in [2.05, 4.69) is 0 Å². The third kappa shape index (κ3) is 2.42. The minimum Gasteiger partial charge on any atom is -0.383 e. The Hall–Kier alpha value is -2.20. The van der Waals surface area contributed by atoms with Crippen LogP contribution in [-0.4, -0.2) is 29.0 Å². The van der Waals surface area contributed by atoms with Crippen LogP contribution in [0.5, 0.6) is 0 Å². The fourth-order valence-electron chi connectivity index (χ4n) is 3.77. The molecule has 1 atom stereocenters. The van der Waals surface area contributed by atoms with Gasteiger partial charge in [-0.05, 0) is 42.5 Å². The second-order valence-electron chi connectivity index (χ2n) is 6.96. The van der Waals surface area contributed by atoms with Crippen molar-refractivity contribution >= 4 is 5.91 Å². The molecule has 2 aromatic carbocycles. The molecular formula is C20H20FNO2. The molecule has 0 aromatic heterocycles. The van der Waals surface area contributed by atoms with Gasteiger partial charge in [0, 0.05) is 6.54 Å². The number of nitrogens with zero attached hydrogens (tertiary/aromatic N) is 1. The Morgan fingerprint density at radius 1 is 0.958 bits per heavy atom. The molecule has 2 aliphatic rings. The SMILES string of the molecule is O=C(N1CCC(O)(c2ccccc2)C1)C1(c2ccc(F)cc2)CC1. The number of hydrogen-bond donors (Lipinski definition) is 1. The molecule has 1 heterocycles. The van der Waals surface area contributed by atoms with Crippen LogP contribution in [0.4, 0.5) is 4.39 Å². The Bertz CT molecular complexity index is 755. The van der Waals surface area contributed by atoms with Crippen LogP contribution < -0.4 is 0 Å². The quantitative estimate of drug-likeness (QED) is 0.942. The molecule has 2 fully saturated rings. The van der Waals surface area contributed by atoms with E-state index >= 15 is 0 Å². The van der Waals surface area contributed by atoms with E-state index in [1.54, 1.807) is 17.0 Å². The lowest BCUT2D eigenvalue weighted by Crippen LogP contribution is -2.40. The summed E-state index contributed by atoms with van der Waals surface area (Å²) in [6, 6.07) is 15.8. The molecular weight excluding hydrogens is 305 g/mol. The van der Waals surface area contributed by atoms with Crippen LogP contribution in [-0.2, 0) is 15.8 Å². The molecule has 1 unspecified atom stereocenters. The zero-order valence-electron chi connectivity index (χ0n) is 13.4. The van der Waals surface area contributed by atoms with Crippen molar-refractivity contribution in [1.29, 1.82) is 0 Å². The Morgan fingerprint density at radius 3 is 2.25 bits per heavy atom. The number of carbonyl (C=O) groups is 1. The van der Waals surface area contributed by atoms with Crippen molar-refractivity contribution in [2.24, 2.45) is 0 Å². The molecule has 1 saturated heterocycles. The highest BCUT2D eigenvalue weighted by atomic mass is 19.1. The first-order valence-corrected chi connectivity index (χ1v) is 8.37. The summed E-state index contributed by atoms with van der Waals surface area (Å²) in [5.74, 6) is -0.234. The third-order valence-electron chi connectivity index (χ3n) is 5.40. The molecule has 1 aliphatic carbocycles. The van der Waals surface area contributed by atoms with Crippen LogP contribution in [0.25, 0.3) is 0 Å². The van der Waals surface area contributed by atoms with E-state index < -0.39 is 11.0 Å². The molecule has 4 heteroatoms. The number of carbonyl (C=O) groups excluding carboxylic acids is 1. The number of halogens is 1. The first kappa shape index (κ1) is 15.3. The second kappa shape index (κ2) is 5.42. The summed E-state index contributed by atoms with van der Waals surface area (Å²) in [5, 5.41) is 10.9. The van der Waals surface area contributed by atoms with Crippen LogP contribution >= 0.6 is 0 Å². The van der Waals surface area contributed by atoms with E-state index in [-0.39, 0.29) is 11.7 Å². The maximum atomic E-state index is 13.2. The van der Waals surface area contributed by atoms with Crippen LogP contribution in [0, 0.1) is 5.82 Å². The normalized spacial score (nSPS) is 24.8. The highest BCUT2D eigenvalue weighted by Crippen LogP contribution is 2.50. The van der Waals surface area contributed by atoms with Crippen molar-refractivity contribution in [1.82, 2.24) is 4.90 Å². The zero-order valence-corrected chi connectivity index (χ0v) is 13.4. The maximum absolute atomic E-state index is 13.2. The Labute approximate surface area is 140 Å². The van der Waals surface area contributed by atoms with Crippen molar-refractivity contribution in [2.45, 2.75) is 30.3 Å². The lowest BCUT2D eigenvalue weighted by atomic mass is 9.92. The summed E-state index contributed by atoms with van der Waals surface area (Å²) in [5.41, 5.74) is 0.238. The van der Waals surface area contributed by atoms with E-state index in [9.17, 15) is 14.3 Å². The number of β-amino-alcohol motifs (C(OH)–C–C–N with tert-alkyl or cyclic N) is 1. The van der Waals surface area contributed by atoms with Crippen molar-refractivity contribution in [2.75, 3.05) is 13.1 Å². The number of hydrogen-bond acceptors (Lipinski definition) is 2. The standard InChI is InChI=1S/C20H20FNO2/c21-17-8-6-15(7-9-17)19(10-11-19)18(23)22-13-12-20(24,14-22)16-4-2-1-3-5-16/h1-9,24H,10-14H2. The summed E-state index contributed by atoms with van der Waals surface area (Å²) < 4.78 is 13.2. The monoisotopic (exact) mass is 325 g/mol. The van der Waals surface area contributed by atoms with Crippen molar-refractivity contribution < 1.29 is 14.3 Å². The maximum Gasteiger partial charge on any atom is 0.233 e. The van der Waals surface area contributed by atoms with Crippen molar-refractivity contribution in [3.05, 3.63) is 71.5 Å². The van der Waals surface area contributed by atoms with E-state index in [0.29, 0.717) is 19.5 Å². The molecule has 1 amide bonds. The molecule has 1 aliphatic heterocycles. The van der Waals surface area contributed by atoms with Gasteiger partial charge in [0.2, 0.25) is 5.91 Å². The van der Waals surface area contributed by atoms with Gasteiger partial charge >= 0.3 is 0 Å². The number of benzene rings is 2. The molecule has 4 rings (SSSR count). The zero-order chi connectivity index (χ0) is 16.8. The van der Waals surface area contributed by atoms with E-state index in [4.69, 9.17) is 0 Å². The molecule has 0 radical (unpaired) electrons. The molecule has 0 bridgehead atoms. The molecule has 0 spiro atoms. The van der Waals surface area contributed by atoms with E-state index in [1.807, 2.05) is 30.3 Å². The first-order valence-electron chi connectivity index (χ1n) is 8.37. The third-order valence-corrected chi connectivity index (χ3v) is 5.40. The molecule has 1 N–H and O–H groups in total. The van der Waals surface area contributed by atoms with Gasteiger partial charge < -0.3 is 10.0 Å². The van der Waals surface area contributed by atoms with Gasteiger partial charge in [-0.25, -0.2) is 4.39 Å². The van der Waals surface area contributed by atoms with Gasteiger partial charge in [0.05, 0.1) is 12.0 Å². The average Bonchev–Trinajstić information content (AvgIpc) is 3.32. The summed E-state index contributed by atoms with van der Waals surface area (Å²) in [6.45, 7) is 0.867. The summed E-state index contributed by atoms with van der Waals surface area (Å²) in [4.78, 5) is 14.8. The lowest BCUT2D eigenvalue weighted by Gasteiger charge is -2.26. The molecule has 124 valence electrons. The molecule has 2 aromatic rings. The van der Waals surface area contributed by atoms with Crippen LogP contribution in [0.1, 0.15) is 30.4 Å². The smallest absolute Gasteiger partial charge is 0.233 e. The molecule has 3 nitrogen and oxygen atoms in total. The highest BCUT2D eigenvalue weighted by Gasteiger charge is 2.55. The average molecular weight is 325 g/mol. The molecule has 1 saturated carbocycles. The van der Waals surface area contributed by atoms with Crippen LogP contribution in [0.3, 0.4) is 0 Å². The Balaban J connectivity index is 1.55. The fourth-order valence-corrected chi connectivity index (χ4v) is 3.77. The Kier molecular flexibility index (Phi) is 3.46. The van der Waals surface area contributed by atoms with E-state index in [0.717, 1.165) is 24.0 Å². The van der Waals surface area contributed by atoms with Gasteiger partial charge in [-0.3, -0.25) is 4.79 Å². The summed E-state index contributed by atoms with van der Waals surface area (Å²) in [6.07, 6.45) is 2.12. The van der Waals surface area contributed by atoms with Crippen molar-refractivity contribution in [3.63, 3.8) is 0 Å². The Morgan fingerprint density at radius 2 is 1.62 bits per heavy atom. The predicted octanol–water partition coefficient (Wildman–Crippen LogP) is 2.98. The predicted molar refractivity (Wildman–Crippen MR) is 88.8 cm³/mol. The number of amides is 1. The van der Waals surface area contributed by atoms with Crippen LogP contribution in [0.15, 0.2) is 54.6 Å². The lowest BCUT2D eigenvalue weighted by molar-refractivity contribution is -0.134. The number of rotatable bonds is 3. The summed E-state index contributed by atoms with van der Waals surface area (Å²) >= 11 is 0. The largest absolute Gasteiger partial charge is 0.383 e. The highest BCUT2D eigenvalue weighted by molar-refractivity contribution is 5.91. The van der Waals surface area contributed by atoms with Gasteiger partial charge in [0.25, 0.3) is 0 Å². The van der Waals surface area contributed by atoms with Crippen LogP contribution in [0.2, 0.25) is 0 Å². The van der Waals surface area contributed by atoms with Gasteiger partial charge in [0.1, 0.15) is 11.4 Å². The van der Waals surface area contributed by atoms with Crippen molar-refractivity contribution in [3.8, 4) is 0 Å². The van der Waals surface area contributed by atoms with Gasteiger partial charge in [-0.2, -0.15) is 0 Å². The summed E-state index contributed by atoms with van der Waals surface area (Å²) in [7, 11) is 0.